The quantitative estimate of drug-likeness (QED) is 0.163. The third-order valence-corrected chi connectivity index (χ3v) is 7.13. The molecular weight excluding hydrogens is 500 g/mol. The molecule has 0 amide bonds. The minimum atomic E-state index is -5.20. The second kappa shape index (κ2) is 8.82. The third kappa shape index (κ3) is 4.64. The fourth-order valence-corrected chi connectivity index (χ4v) is 5.14. The van der Waals surface area contributed by atoms with Crippen molar-refractivity contribution in [2.24, 2.45) is 5.92 Å². The Morgan fingerprint density at radius 1 is 0.829 bits per heavy atom. The van der Waals surface area contributed by atoms with E-state index in [0.717, 1.165) is 0 Å². The summed E-state index contributed by atoms with van der Waals surface area (Å²) < 4.78 is 71.2. The molecule has 0 aromatic heterocycles. The maximum absolute atomic E-state index is 13.5. The Kier molecular flexibility index (Phi) is 6.15. The first-order valence-corrected chi connectivity index (χ1v) is 12.8. The summed E-state index contributed by atoms with van der Waals surface area (Å²) in [6.45, 7) is 0. The lowest BCUT2D eigenvalue weighted by Crippen LogP contribution is -2.41. The van der Waals surface area contributed by atoms with Crippen LogP contribution in [0.15, 0.2) is 82.6 Å². The molecule has 180 valence electrons. The van der Waals surface area contributed by atoms with Crippen LogP contribution in [-0.2, 0) is 25.0 Å². The number of fused-ring (bicyclic) bond motifs is 1. The first kappa shape index (κ1) is 24.4. The van der Waals surface area contributed by atoms with E-state index >= 15 is 0 Å². The van der Waals surface area contributed by atoms with Gasteiger partial charge in [-0.3, -0.25) is 23.5 Å². The summed E-state index contributed by atoms with van der Waals surface area (Å²) >= 11 is 0. The van der Waals surface area contributed by atoms with Crippen LogP contribution in [0.25, 0.3) is 0 Å². The Morgan fingerprint density at radius 3 is 1.94 bits per heavy atom. The van der Waals surface area contributed by atoms with E-state index in [9.17, 15) is 40.3 Å². The zero-order chi connectivity index (χ0) is 25.5. The van der Waals surface area contributed by atoms with Crippen molar-refractivity contribution in [1.82, 2.24) is 0 Å². The van der Waals surface area contributed by atoms with Crippen molar-refractivity contribution >= 4 is 37.8 Å². The molecule has 0 bridgehead atoms. The van der Waals surface area contributed by atoms with E-state index in [-0.39, 0.29) is 11.1 Å². The molecule has 0 aliphatic carbocycles. The molecule has 1 aliphatic heterocycles. The molecule has 0 saturated carbocycles. The van der Waals surface area contributed by atoms with Gasteiger partial charge in [-0.05, 0) is 17.7 Å². The van der Waals surface area contributed by atoms with Crippen LogP contribution < -0.4 is 4.74 Å². The van der Waals surface area contributed by atoms with E-state index in [4.69, 9.17) is 4.74 Å². The van der Waals surface area contributed by atoms with E-state index in [2.05, 4.69) is 0 Å². The highest BCUT2D eigenvalue weighted by atomic mass is 32.2. The summed E-state index contributed by atoms with van der Waals surface area (Å²) in [6.07, 6.45) is 0. The van der Waals surface area contributed by atoms with Crippen LogP contribution in [0.3, 0.4) is 0 Å². The summed E-state index contributed by atoms with van der Waals surface area (Å²) in [7, 11) is -10.2. The van der Waals surface area contributed by atoms with Gasteiger partial charge in [-0.2, -0.15) is 16.8 Å². The maximum Gasteiger partial charge on any atom is 0.323 e. The number of carbonyl (C=O) groups is 3. The van der Waals surface area contributed by atoms with Gasteiger partial charge in [0.25, 0.3) is 20.2 Å². The SMILES string of the molecule is O=C1Oc2c(cc(S(=O)(=O)O)cc2S(=O)(=O)O)C(=O)C1C(C(=O)c1ccccc1)c1ccccc1. The second-order valence-electron chi connectivity index (χ2n) is 7.63. The van der Waals surface area contributed by atoms with Gasteiger partial charge in [0.1, 0.15) is 10.8 Å². The number of carbonyl (C=O) groups excluding carboxylic acids is 3. The van der Waals surface area contributed by atoms with Crippen molar-refractivity contribution in [3.05, 3.63) is 89.5 Å². The minimum absolute atomic E-state index is 0.179. The van der Waals surface area contributed by atoms with Gasteiger partial charge in [-0.15, -0.1) is 0 Å². The Labute approximate surface area is 199 Å². The van der Waals surface area contributed by atoms with Crippen LogP contribution >= 0.6 is 0 Å². The highest BCUT2D eigenvalue weighted by Gasteiger charge is 2.47. The normalized spacial score (nSPS) is 16.8. The predicted molar refractivity (Wildman–Crippen MR) is 119 cm³/mol. The average Bonchev–Trinajstić information content (AvgIpc) is 2.80. The molecule has 35 heavy (non-hydrogen) atoms. The summed E-state index contributed by atoms with van der Waals surface area (Å²) in [6, 6.07) is 16.6. The van der Waals surface area contributed by atoms with Gasteiger partial charge in [-0.25, -0.2) is 0 Å². The molecule has 0 radical (unpaired) electrons. The third-order valence-electron chi connectivity index (χ3n) is 5.44. The van der Waals surface area contributed by atoms with Crippen molar-refractivity contribution in [3.8, 4) is 5.75 Å². The van der Waals surface area contributed by atoms with Gasteiger partial charge in [0.05, 0.1) is 16.4 Å². The zero-order valence-electron chi connectivity index (χ0n) is 17.6. The monoisotopic (exact) mass is 516 g/mol. The molecule has 2 atom stereocenters. The summed E-state index contributed by atoms with van der Waals surface area (Å²) in [4.78, 5) is 37.8. The molecule has 1 heterocycles. The summed E-state index contributed by atoms with van der Waals surface area (Å²) in [5.41, 5.74) is -0.252. The van der Waals surface area contributed by atoms with Crippen LogP contribution in [0.4, 0.5) is 0 Å². The predicted octanol–water partition coefficient (Wildman–Crippen LogP) is 2.56. The average molecular weight is 517 g/mol. The van der Waals surface area contributed by atoms with Gasteiger partial charge in [0, 0.05) is 5.56 Å². The number of ether oxygens (including phenoxy) is 1. The van der Waals surface area contributed by atoms with Crippen molar-refractivity contribution in [3.63, 3.8) is 0 Å². The Balaban J connectivity index is 1.95. The van der Waals surface area contributed by atoms with Gasteiger partial charge in [0.2, 0.25) is 0 Å². The minimum Gasteiger partial charge on any atom is -0.424 e. The Hall–Kier alpha value is -3.71. The van der Waals surface area contributed by atoms with Crippen LogP contribution in [0.5, 0.6) is 5.75 Å². The number of Topliss-reactive ketones (excluding diaryl/α,β-unsaturated/α-hetero) is 2. The van der Waals surface area contributed by atoms with Crippen molar-refractivity contribution in [2.75, 3.05) is 0 Å². The lowest BCUT2D eigenvalue weighted by molar-refractivity contribution is -0.138. The lowest BCUT2D eigenvalue weighted by atomic mass is 9.76. The number of hydrogen-bond donors (Lipinski definition) is 2. The highest BCUT2D eigenvalue weighted by Crippen LogP contribution is 2.41. The molecule has 0 fully saturated rings. The molecule has 0 spiro atoms. The fraction of sp³-hybridized carbons (Fsp3) is 0.0870. The number of benzene rings is 3. The van der Waals surface area contributed by atoms with E-state index in [1.807, 2.05) is 0 Å². The zero-order valence-corrected chi connectivity index (χ0v) is 19.2. The molecule has 2 unspecified atom stereocenters. The van der Waals surface area contributed by atoms with Gasteiger partial charge in [-0.1, -0.05) is 60.7 Å². The van der Waals surface area contributed by atoms with Crippen molar-refractivity contribution in [2.45, 2.75) is 15.7 Å². The largest absolute Gasteiger partial charge is 0.424 e. The van der Waals surface area contributed by atoms with Gasteiger partial charge < -0.3 is 4.74 Å². The topological polar surface area (TPSA) is 169 Å². The van der Waals surface area contributed by atoms with Crippen molar-refractivity contribution < 1.29 is 45.1 Å². The molecule has 4 rings (SSSR count). The Bertz CT molecular complexity index is 1560. The smallest absolute Gasteiger partial charge is 0.323 e. The standard InChI is InChI=1S/C23H16O10S2/c24-20(14-9-5-2-6-10-14)18(13-7-3-1-4-8-13)19-21(25)16-11-15(34(27,28)29)12-17(35(30,31)32)22(16)33-23(19)26/h1-12,18-19H,(H,27,28,29)(H,30,31,32). The number of ketones is 2. The molecule has 12 heteroatoms. The number of hydrogen-bond acceptors (Lipinski definition) is 8. The van der Waals surface area contributed by atoms with Crippen LogP contribution in [0.2, 0.25) is 0 Å². The number of rotatable bonds is 6. The highest BCUT2D eigenvalue weighted by molar-refractivity contribution is 7.86. The molecule has 1 aliphatic rings. The maximum atomic E-state index is 13.5. The first-order chi connectivity index (χ1) is 16.4. The second-order valence-corrected chi connectivity index (χ2v) is 10.4. The molecule has 2 N–H and O–H groups in total. The fourth-order valence-electron chi connectivity index (χ4n) is 3.87. The molecule has 3 aromatic rings. The van der Waals surface area contributed by atoms with E-state index in [0.29, 0.717) is 12.1 Å². The number of esters is 1. The first-order valence-electron chi connectivity index (χ1n) is 9.92. The van der Waals surface area contributed by atoms with E-state index < -0.39 is 70.7 Å². The van der Waals surface area contributed by atoms with Gasteiger partial charge in [0.15, 0.2) is 17.3 Å². The summed E-state index contributed by atoms with van der Waals surface area (Å²) in [5.74, 6) is -7.13. The van der Waals surface area contributed by atoms with E-state index in [1.54, 1.807) is 36.4 Å². The van der Waals surface area contributed by atoms with E-state index in [1.165, 1.54) is 24.3 Å². The molecular formula is C23H16O10S2. The molecule has 0 saturated heterocycles. The molecule has 3 aromatic carbocycles. The Morgan fingerprint density at radius 2 is 1.40 bits per heavy atom. The van der Waals surface area contributed by atoms with Crippen LogP contribution in [0, 0.1) is 5.92 Å². The molecule has 10 nitrogen and oxygen atoms in total. The van der Waals surface area contributed by atoms with Crippen LogP contribution in [-0.4, -0.2) is 43.5 Å². The lowest BCUT2D eigenvalue weighted by Gasteiger charge is -2.29. The van der Waals surface area contributed by atoms with Gasteiger partial charge >= 0.3 is 5.97 Å². The van der Waals surface area contributed by atoms with Crippen molar-refractivity contribution in [1.29, 1.82) is 0 Å². The summed E-state index contributed by atoms with van der Waals surface area (Å²) in [5, 5.41) is 0. The van der Waals surface area contributed by atoms with Crippen LogP contribution in [0.1, 0.15) is 32.2 Å².